The molecule has 19 heteroatoms. The van der Waals surface area contributed by atoms with E-state index in [2.05, 4.69) is 25.7 Å². The Morgan fingerprint density at radius 1 is 0.859 bits per heavy atom. The van der Waals surface area contributed by atoms with Gasteiger partial charge in [-0.15, -0.1) is 11.3 Å². The van der Waals surface area contributed by atoms with E-state index < -0.39 is 35.2 Å². The molecule has 3 atom stereocenters. The first-order valence-corrected chi connectivity index (χ1v) is 28.4. The van der Waals surface area contributed by atoms with Crippen LogP contribution in [-0.2, 0) is 37.0 Å². The number of hydrogen-bond acceptors (Lipinski definition) is 12. The Kier molecular flexibility index (Phi) is 18.4. The molecule has 6 aromatic rings. The Morgan fingerprint density at radius 3 is 2.26 bits per heavy atom. The number of likely N-dealkylation sites (tertiary alicyclic amines) is 2. The fourth-order valence-corrected chi connectivity index (χ4v) is 11.6. The smallest absolute Gasteiger partial charge is 0.246 e. The number of nitrogens with one attached hydrogen (secondary N) is 2. The van der Waals surface area contributed by atoms with Gasteiger partial charge in [0.25, 0.3) is 0 Å². The summed E-state index contributed by atoms with van der Waals surface area (Å²) in [6, 6.07) is 14.5. The molecule has 3 aliphatic heterocycles. The van der Waals surface area contributed by atoms with Crippen molar-refractivity contribution in [2.75, 3.05) is 45.9 Å². The number of rotatable bonds is 20. The minimum absolute atomic E-state index is 0.0132. The van der Waals surface area contributed by atoms with Crippen LogP contribution in [0, 0.1) is 24.0 Å². The lowest BCUT2D eigenvalue weighted by molar-refractivity contribution is -0.144. The van der Waals surface area contributed by atoms with Crippen LogP contribution in [0.4, 0.5) is 8.78 Å². The van der Waals surface area contributed by atoms with Crippen LogP contribution >= 0.6 is 11.3 Å². The lowest BCUT2D eigenvalue weighted by Crippen LogP contribution is -2.57. The van der Waals surface area contributed by atoms with Crippen molar-refractivity contribution in [3.8, 4) is 32.8 Å². The average Bonchev–Trinajstić information content (AvgIpc) is 4.33. The second kappa shape index (κ2) is 25.5. The number of aliphatic hydroxyl groups is 1. The number of carbonyl (C=O) groups is 4. The Bertz CT molecular complexity index is 3030. The maximum absolute atomic E-state index is 15.5. The third-order valence-corrected chi connectivity index (χ3v) is 16.3. The van der Waals surface area contributed by atoms with Crippen molar-refractivity contribution in [1.82, 2.24) is 50.1 Å². The molecule has 0 saturated carbocycles. The van der Waals surface area contributed by atoms with Gasteiger partial charge in [0.05, 0.1) is 70.6 Å². The van der Waals surface area contributed by atoms with Crippen molar-refractivity contribution in [1.29, 1.82) is 0 Å². The molecular weight excluding hydrogens is 1010 g/mol. The summed E-state index contributed by atoms with van der Waals surface area (Å²) in [4.78, 5) is 74.4. The molecule has 0 aliphatic carbocycles. The standard InChI is InChI=1S/C59H72F2N10O6S/c1-38-55(78-37-64-38)40-18-16-39(17-19-40)31-63-57(75)51-30-44(72)35-70(51)58(76)56(59(2,3)4)67-52(73)14-9-7-5-6-8-10-15-53(74)69-22-20-43(21-23-69)71-34-42(32-65-71)50-33-62-49-13-11-12-45(54(49)66-50)41-28-47(60)46(48(61)29-41)36-68-24-26-77-27-25-68/h11-13,16-19,28-29,32-34,37,43-44,51,56,72H,5-10,14-15,20-27,30-31,35-36H2,1-4H3,(H,63,75)(H,67,73)/t44-,51+,56-/m1/s1. The normalized spacial score (nSPS) is 17.9. The predicted molar refractivity (Wildman–Crippen MR) is 296 cm³/mol. The summed E-state index contributed by atoms with van der Waals surface area (Å²) in [5.74, 6) is -2.00. The molecule has 3 aliphatic rings. The number of para-hydroxylation sites is 1. The number of benzene rings is 3. The van der Waals surface area contributed by atoms with Gasteiger partial charge < -0.3 is 30.3 Å². The highest BCUT2D eigenvalue weighted by molar-refractivity contribution is 7.13. The third kappa shape index (κ3) is 13.8. The molecule has 3 aromatic carbocycles. The summed E-state index contributed by atoms with van der Waals surface area (Å²) in [5, 5.41) is 21.2. The Balaban J connectivity index is 0.672. The zero-order valence-electron chi connectivity index (χ0n) is 45.2. The van der Waals surface area contributed by atoms with Gasteiger partial charge in [0.15, 0.2) is 0 Å². The topological polar surface area (TPSA) is 188 Å². The van der Waals surface area contributed by atoms with E-state index in [0.717, 1.165) is 72.2 Å². The van der Waals surface area contributed by atoms with Crippen LogP contribution in [0.15, 0.2) is 78.7 Å². The molecule has 16 nitrogen and oxygen atoms in total. The Morgan fingerprint density at radius 2 is 1.56 bits per heavy atom. The van der Waals surface area contributed by atoms with Gasteiger partial charge in [0, 0.05) is 88.0 Å². The van der Waals surface area contributed by atoms with Crippen molar-refractivity contribution in [3.63, 3.8) is 0 Å². The number of ether oxygens (including phenoxy) is 1. The molecule has 0 spiro atoms. The second-order valence-corrected chi connectivity index (χ2v) is 23.0. The van der Waals surface area contributed by atoms with E-state index in [1.54, 1.807) is 29.8 Å². The number of piperidine rings is 1. The Hall–Kier alpha value is -6.54. The zero-order chi connectivity index (χ0) is 54.9. The molecule has 3 aromatic heterocycles. The molecule has 3 saturated heterocycles. The van der Waals surface area contributed by atoms with Gasteiger partial charge in [-0.25, -0.2) is 18.7 Å². The Labute approximate surface area is 459 Å². The van der Waals surface area contributed by atoms with Gasteiger partial charge in [-0.1, -0.05) is 82.9 Å². The highest BCUT2D eigenvalue weighted by Crippen LogP contribution is 2.33. The monoisotopic (exact) mass is 1090 g/mol. The molecule has 0 bridgehead atoms. The van der Waals surface area contributed by atoms with E-state index >= 15 is 8.78 Å². The van der Waals surface area contributed by atoms with Gasteiger partial charge in [-0.05, 0) is 72.9 Å². The summed E-state index contributed by atoms with van der Waals surface area (Å²) < 4.78 is 38.2. The lowest BCUT2D eigenvalue weighted by Gasteiger charge is -2.35. The van der Waals surface area contributed by atoms with Crippen LogP contribution in [0.1, 0.15) is 114 Å². The van der Waals surface area contributed by atoms with Crippen LogP contribution in [-0.4, -0.2) is 132 Å². The highest BCUT2D eigenvalue weighted by atomic mass is 32.1. The number of thiazole rings is 1. The van der Waals surface area contributed by atoms with E-state index in [1.807, 2.05) is 90.3 Å². The zero-order valence-corrected chi connectivity index (χ0v) is 46.0. The van der Waals surface area contributed by atoms with Crippen molar-refractivity contribution in [2.45, 2.75) is 136 Å². The second-order valence-electron chi connectivity index (χ2n) is 22.1. The van der Waals surface area contributed by atoms with E-state index in [4.69, 9.17) is 9.72 Å². The van der Waals surface area contributed by atoms with Crippen LogP contribution in [0.5, 0.6) is 0 Å². The van der Waals surface area contributed by atoms with E-state index in [9.17, 15) is 24.3 Å². The van der Waals surface area contributed by atoms with Gasteiger partial charge >= 0.3 is 0 Å². The largest absolute Gasteiger partial charge is 0.391 e. The summed E-state index contributed by atoms with van der Waals surface area (Å²) >= 11 is 1.58. The summed E-state index contributed by atoms with van der Waals surface area (Å²) in [5.41, 5.74) is 7.62. The number of carbonyl (C=O) groups excluding carboxylic acids is 4. The number of aliphatic hydroxyl groups excluding tert-OH is 1. The third-order valence-electron chi connectivity index (χ3n) is 15.4. The van der Waals surface area contributed by atoms with Crippen LogP contribution < -0.4 is 10.6 Å². The summed E-state index contributed by atoms with van der Waals surface area (Å²) in [7, 11) is 0. The number of morpholine rings is 1. The number of fused-ring (bicyclic) bond motifs is 1. The lowest BCUT2D eigenvalue weighted by atomic mass is 9.85. The van der Waals surface area contributed by atoms with Crippen molar-refractivity contribution < 1.29 is 37.8 Å². The maximum atomic E-state index is 15.5. The molecule has 0 unspecified atom stereocenters. The molecule has 4 amide bonds. The van der Waals surface area contributed by atoms with E-state index in [-0.39, 0.29) is 67.7 Å². The molecule has 3 N–H and O–H groups in total. The molecule has 0 radical (unpaired) electrons. The molecule has 3 fully saturated rings. The summed E-state index contributed by atoms with van der Waals surface area (Å²) in [6.07, 6.45) is 12.0. The van der Waals surface area contributed by atoms with Crippen molar-refractivity contribution >= 4 is 46.0 Å². The minimum Gasteiger partial charge on any atom is -0.391 e. The SMILES string of the molecule is Cc1ncsc1-c1ccc(CNC(=O)[C@@H]2C[C@@H](O)CN2C(=O)[C@@H](NC(=O)CCCCCCCCC(=O)N2CCC(n3cc(-c4cnc5cccc(-c6cc(F)c(CN7CCOCC7)c(F)c6)c5n4)cn3)CC2)C(C)(C)C)cc1. The highest BCUT2D eigenvalue weighted by Gasteiger charge is 2.44. The molecule has 6 heterocycles. The van der Waals surface area contributed by atoms with Gasteiger partial charge in [0.1, 0.15) is 23.7 Å². The van der Waals surface area contributed by atoms with E-state index in [1.165, 1.54) is 17.0 Å². The maximum Gasteiger partial charge on any atom is 0.246 e. The van der Waals surface area contributed by atoms with Crippen LogP contribution in [0.3, 0.4) is 0 Å². The molecule has 78 heavy (non-hydrogen) atoms. The number of unbranched alkanes of at least 4 members (excludes halogenated alkanes) is 5. The molecule has 414 valence electrons. The first kappa shape index (κ1) is 56.2. The molecular formula is C59H72F2N10O6S. The average molecular weight is 1090 g/mol. The molecule has 9 rings (SSSR count). The number of amides is 4. The van der Waals surface area contributed by atoms with Crippen LogP contribution in [0.25, 0.3) is 43.9 Å². The first-order chi connectivity index (χ1) is 37.6. The first-order valence-electron chi connectivity index (χ1n) is 27.5. The number of aromatic nitrogens is 5. The number of halogens is 2. The quantitative estimate of drug-likeness (QED) is 0.0620. The predicted octanol–water partition coefficient (Wildman–Crippen LogP) is 8.80. The number of aryl methyl sites for hydroxylation is 1. The van der Waals surface area contributed by atoms with Gasteiger partial charge in [-0.2, -0.15) is 5.10 Å². The van der Waals surface area contributed by atoms with Crippen molar-refractivity contribution in [3.05, 3.63) is 107 Å². The van der Waals surface area contributed by atoms with Gasteiger partial charge in [-0.3, -0.25) is 33.7 Å². The van der Waals surface area contributed by atoms with Crippen molar-refractivity contribution in [2.24, 2.45) is 5.41 Å². The van der Waals surface area contributed by atoms with E-state index in [0.29, 0.717) is 80.1 Å². The van der Waals surface area contributed by atoms with Crippen LogP contribution in [0.2, 0.25) is 0 Å². The number of hydrogen-bond donors (Lipinski definition) is 3. The number of β-amino-alcohol motifs (C(OH)–C–C–N with tert-alkyl or cyclic N) is 1. The fourth-order valence-electron chi connectivity index (χ4n) is 10.8. The summed E-state index contributed by atoms with van der Waals surface area (Å²) in [6.45, 7) is 11.7. The van der Waals surface area contributed by atoms with Gasteiger partial charge in [0.2, 0.25) is 23.6 Å². The fraction of sp³-hybridized carbons (Fsp3) is 0.492. The number of nitrogens with zero attached hydrogens (tertiary/aromatic N) is 8. The minimum atomic E-state index is -0.881.